The number of aromatic nitrogens is 2. The van der Waals surface area contributed by atoms with E-state index in [1.165, 1.54) is 12.3 Å². The Balaban J connectivity index is 1.25. The fourth-order valence-electron chi connectivity index (χ4n) is 4.43. The molecule has 0 atom stereocenters. The molecule has 9 heteroatoms. The topological polar surface area (TPSA) is 53.2 Å². The predicted molar refractivity (Wildman–Crippen MR) is 128 cm³/mol. The quantitative estimate of drug-likeness (QED) is 0.305. The van der Waals surface area contributed by atoms with Crippen LogP contribution in [0.4, 0.5) is 34.8 Å². The van der Waals surface area contributed by atoms with Crippen LogP contribution < -0.4 is 15.0 Å². The molecule has 0 unspecified atom stereocenters. The number of rotatable bonds is 5. The summed E-state index contributed by atoms with van der Waals surface area (Å²) in [6.07, 6.45) is -0.139. The maximum absolute atomic E-state index is 13.7. The molecular weight excluding hydrogens is 460 g/mol. The van der Waals surface area contributed by atoms with Gasteiger partial charge in [0.1, 0.15) is 23.5 Å². The van der Waals surface area contributed by atoms with Gasteiger partial charge >= 0.3 is 6.18 Å². The predicted octanol–water partition coefficient (Wildman–Crippen LogP) is 6.82. The van der Waals surface area contributed by atoms with Gasteiger partial charge in [-0.2, -0.15) is 13.2 Å². The van der Waals surface area contributed by atoms with Crippen LogP contribution in [0.2, 0.25) is 0 Å². The van der Waals surface area contributed by atoms with E-state index >= 15 is 0 Å². The number of ether oxygens (including phenoxy) is 1. The first-order valence-electron chi connectivity index (χ1n) is 11.4. The summed E-state index contributed by atoms with van der Waals surface area (Å²) in [6, 6.07) is 12.3. The lowest BCUT2D eigenvalue weighted by atomic mass is 10.1. The molecule has 1 aliphatic rings. The van der Waals surface area contributed by atoms with Crippen molar-refractivity contribution in [2.45, 2.75) is 32.0 Å². The Morgan fingerprint density at radius 2 is 1.89 bits per heavy atom. The maximum atomic E-state index is 13.7. The molecule has 0 aliphatic carbocycles. The number of fused-ring (bicyclic) bond motifs is 1. The lowest BCUT2D eigenvalue weighted by Gasteiger charge is -2.34. The minimum absolute atomic E-state index is 0.163. The summed E-state index contributed by atoms with van der Waals surface area (Å²) in [6.45, 7) is 3.34. The van der Waals surface area contributed by atoms with Crippen molar-refractivity contribution in [3.05, 3.63) is 77.9 Å². The zero-order chi connectivity index (χ0) is 24.6. The van der Waals surface area contributed by atoms with E-state index < -0.39 is 11.7 Å². The van der Waals surface area contributed by atoms with Crippen molar-refractivity contribution in [1.82, 2.24) is 9.97 Å². The van der Waals surface area contributed by atoms with Crippen LogP contribution in [-0.4, -0.2) is 29.2 Å². The second-order valence-electron chi connectivity index (χ2n) is 8.66. The van der Waals surface area contributed by atoms with E-state index in [2.05, 4.69) is 20.2 Å². The van der Waals surface area contributed by atoms with E-state index in [1.54, 1.807) is 18.3 Å². The standard InChI is InChI=1S/C26H24F4N4O/c1-16-23(33-18-5-6-21-22(27)15-32-24(21)14-18)7-10-31-25(16)34-11-8-19(9-12-34)35-20-4-2-3-17(13-20)26(28,29)30/h2-7,10,13-15,19,32H,8-9,11-12H2,1H3,(H,31,33). The highest BCUT2D eigenvalue weighted by Crippen LogP contribution is 2.33. The van der Waals surface area contributed by atoms with E-state index in [-0.39, 0.29) is 17.7 Å². The number of halogens is 4. The lowest BCUT2D eigenvalue weighted by Crippen LogP contribution is -2.39. The second-order valence-corrected chi connectivity index (χ2v) is 8.66. The van der Waals surface area contributed by atoms with Crippen molar-refractivity contribution in [1.29, 1.82) is 0 Å². The molecule has 1 aliphatic heterocycles. The largest absolute Gasteiger partial charge is 0.490 e. The Hall–Kier alpha value is -3.75. The molecule has 1 fully saturated rings. The van der Waals surface area contributed by atoms with E-state index in [4.69, 9.17) is 4.74 Å². The highest BCUT2D eigenvalue weighted by molar-refractivity contribution is 5.84. The Morgan fingerprint density at radius 1 is 1.09 bits per heavy atom. The van der Waals surface area contributed by atoms with Gasteiger partial charge in [0.15, 0.2) is 0 Å². The third-order valence-corrected chi connectivity index (χ3v) is 6.29. The average molecular weight is 484 g/mol. The molecule has 35 heavy (non-hydrogen) atoms. The molecule has 0 spiro atoms. The van der Waals surface area contributed by atoms with Crippen molar-refractivity contribution >= 4 is 28.1 Å². The number of alkyl halides is 3. The van der Waals surface area contributed by atoms with Crippen molar-refractivity contribution in [3.63, 3.8) is 0 Å². The SMILES string of the molecule is Cc1c(Nc2ccc3c(F)c[nH]c3c2)ccnc1N1CCC(Oc2cccc(C(F)(F)F)c2)CC1. The summed E-state index contributed by atoms with van der Waals surface area (Å²) < 4.78 is 58.5. The Labute approximate surface area is 199 Å². The van der Waals surface area contributed by atoms with Gasteiger partial charge in [-0.1, -0.05) is 6.07 Å². The first-order chi connectivity index (χ1) is 16.8. The van der Waals surface area contributed by atoms with Gasteiger partial charge in [-0.3, -0.25) is 0 Å². The van der Waals surface area contributed by atoms with Crippen LogP contribution >= 0.6 is 0 Å². The van der Waals surface area contributed by atoms with Gasteiger partial charge in [-0.05, 0) is 49.4 Å². The van der Waals surface area contributed by atoms with Crippen LogP contribution in [0.15, 0.2) is 60.9 Å². The maximum Gasteiger partial charge on any atom is 0.416 e. The number of H-pyrrole nitrogens is 1. The van der Waals surface area contributed by atoms with Crippen molar-refractivity contribution < 1.29 is 22.3 Å². The summed E-state index contributed by atoms with van der Waals surface area (Å²) >= 11 is 0. The van der Waals surface area contributed by atoms with Crippen LogP contribution in [0.25, 0.3) is 10.9 Å². The molecule has 0 saturated carbocycles. The summed E-state index contributed by atoms with van der Waals surface area (Å²) in [4.78, 5) is 9.65. The molecule has 0 amide bonds. The molecular formula is C26H24F4N4O. The normalized spacial score (nSPS) is 14.9. The van der Waals surface area contributed by atoms with Crippen molar-refractivity contribution in [3.8, 4) is 5.75 Å². The van der Waals surface area contributed by atoms with Crippen LogP contribution in [0.3, 0.4) is 0 Å². The summed E-state index contributed by atoms with van der Waals surface area (Å²) in [7, 11) is 0. The first kappa shape index (κ1) is 23.0. The number of hydrogen-bond acceptors (Lipinski definition) is 4. The molecule has 5 rings (SSSR count). The second kappa shape index (κ2) is 9.13. The first-order valence-corrected chi connectivity index (χ1v) is 11.4. The third kappa shape index (κ3) is 4.89. The average Bonchev–Trinajstić information content (AvgIpc) is 3.21. The Kier molecular flexibility index (Phi) is 6.00. The van der Waals surface area contributed by atoms with Gasteiger partial charge in [0.25, 0.3) is 0 Å². The van der Waals surface area contributed by atoms with Crippen LogP contribution in [0, 0.1) is 12.7 Å². The fraction of sp³-hybridized carbons (Fsp3) is 0.269. The summed E-state index contributed by atoms with van der Waals surface area (Å²) in [5, 5.41) is 3.93. The zero-order valence-electron chi connectivity index (χ0n) is 19.0. The van der Waals surface area contributed by atoms with E-state index in [0.29, 0.717) is 36.8 Å². The molecule has 0 radical (unpaired) electrons. The lowest BCUT2D eigenvalue weighted by molar-refractivity contribution is -0.137. The zero-order valence-corrected chi connectivity index (χ0v) is 19.0. The number of nitrogens with zero attached hydrogens (tertiary/aromatic N) is 2. The minimum Gasteiger partial charge on any atom is -0.490 e. The number of anilines is 3. The molecule has 0 bridgehead atoms. The monoisotopic (exact) mass is 484 g/mol. The fourth-order valence-corrected chi connectivity index (χ4v) is 4.43. The van der Waals surface area contributed by atoms with Gasteiger partial charge in [-0.25, -0.2) is 9.37 Å². The van der Waals surface area contributed by atoms with E-state index in [0.717, 1.165) is 34.9 Å². The molecule has 5 nitrogen and oxygen atoms in total. The molecule has 1 saturated heterocycles. The van der Waals surface area contributed by atoms with Gasteiger partial charge in [0.05, 0.1) is 11.1 Å². The van der Waals surface area contributed by atoms with Crippen LogP contribution in [0.5, 0.6) is 5.75 Å². The minimum atomic E-state index is -4.39. The molecule has 3 heterocycles. The van der Waals surface area contributed by atoms with Crippen molar-refractivity contribution in [2.24, 2.45) is 0 Å². The molecule has 182 valence electrons. The number of aromatic amines is 1. The highest BCUT2D eigenvalue weighted by atomic mass is 19.4. The van der Waals surface area contributed by atoms with Crippen molar-refractivity contribution in [2.75, 3.05) is 23.3 Å². The Morgan fingerprint density at radius 3 is 2.66 bits per heavy atom. The Bertz CT molecular complexity index is 1340. The summed E-state index contributed by atoms with van der Waals surface area (Å²) in [5.74, 6) is 0.798. The molecule has 2 N–H and O–H groups in total. The third-order valence-electron chi connectivity index (χ3n) is 6.29. The molecule has 4 aromatic rings. The van der Waals surface area contributed by atoms with Crippen LogP contribution in [-0.2, 0) is 6.18 Å². The van der Waals surface area contributed by atoms with Gasteiger partial charge in [0.2, 0.25) is 0 Å². The highest BCUT2D eigenvalue weighted by Gasteiger charge is 2.31. The number of hydrogen-bond donors (Lipinski definition) is 2. The number of nitrogens with one attached hydrogen (secondary N) is 2. The number of piperidine rings is 1. The van der Waals surface area contributed by atoms with Gasteiger partial charge in [0, 0.05) is 60.6 Å². The number of benzene rings is 2. The smallest absolute Gasteiger partial charge is 0.416 e. The molecule has 2 aromatic heterocycles. The van der Waals surface area contributed by atoms with Gasteiger partial charge in [-0.15, -0.1) is 0 Å². The number of pyridine rings is 1. The van der Waals surface area contributed by atoms with E-state index in [1.807, 2.05) is 25.1 Å². The van der Waals surface area contributed by atoms with E-state index in [9.17, 15) is 17.6 Å². The van der Waals surface area contributed by atoms with Crippen LogP contribution in [0.1, 0.15) is 24.0 Å². The van der Waals surface area contributed by atoms with Gasteiger partial charge < -0.3 is 19.9 Å². The molecule has 2 aromatic carbocycles. The summed E-state index contributed by atoms with van der Waals surface area (Å²) in [5.41, 5.74) is 2.69.